The first-order valence-electron chi connectivity index (χ1n) is 8.70. The van der Waals surface area contributed by atoms with Crippen LogP contribution in [0.3, 0.4) is 0 Å². The fourth-order valence-electron chi connectivity index (χ4n) is 2.83. The van der Waals surface area contributed by atoms with E-state index in [1.807, 2.05) is 0 Å². The van der Waals surface area contributed by atoms with E-state index in [4.69, 9.17) is 10.3 Å². The van der Waals surface area contributed by atoms with Gasteiger partial charge in [-0.15, -0.1) is 0 Å². The van der Waals surface area contributed by atoms with Crippen LogP contribution >= 0.6 is 0 Å². The molecule has 0 saturated carbocycles. The van der Waals surface area contributed by atoms with Crippen molar-refractivity contribution in [3.05, 3.63) is 59.4 Å². The lowest BCUT2D eigenvalue weighted by molar-refractivity contribution is -0.131. The molecule has 0 aromatic heterocycles. The van der Waals surface area contributed by atoms with Crippen molar-refractivity contribution in [3.63, 3.8) is 0 Å². The Kier molecular flexibility index (Phi) is 6.89. The van der Waals surface area contributed by atoms with Crippen molar-refractivity contribution < 1.29 is 32.7 Å². The van der Waals surface area contributed by atoms with Gasteiger partial charge in [0, 0.05) is 11.8 Å². The Balaban J connectivity index is 2.23. The summed E-state index contributed by atoms with van der Waals surface area (Å²) < 4.78 is 36.6. The van der Waals surface area contributed by atoms with Crippen LogP contribution in [0.25, 0.3) is 11.1 Å². The summed E-state index contributed by atoms with van der Waals surface area (Å²) >= 11 is 0. The van der Waals surface area contributed by atoms with Gasteiger partial charge in [-0.1, -0.05) is 36.4 Å². The Morgan fingerprint density at radius 1 is 1.10 bits per heavy atom. The first-order valence-corrected chi connectivity index (χ1v) is 10.6. The molecular formula is C20H22FNO6S. The Labute approximate surface area is 168 Å². The summed E-state index contributed by atoms with van der Waals surface area (Å²) in [5, 5.41) is 17.7. The average molecular weight is 423 g/mol. The van der Waals surface area contributed by atoms with Gasteiger partial charge in [0.15, 0.2) is 15.6 Å². The number of aliphatic hydroxyl groups excluding tert-OH is 1. The van der Waals surface area contributed by atoms with Gasteiger partial charge in [0.05, 0.1) is 0 Å². The molecule has 1 atom stereocenters. The molecule has 3 N–H and O–H groups in total. The molecule has 156 valence electrons. The summed E-state index contributed by atoms with van der Waals surface area (Å²) in [7, 11) is -3.86. The standard InChI is InChI=1S/C20H22FNO6S/c1-20(19(25)22-26,29(2,27)28)10-9-14-5-8-16(11-17(14)21)13-3-6-15(7-4-13)18(24)12-23/h3-8,11,23,26H,9-10,12H2,1-2H3,(H,22,25). The minimum Gasteiger partial charge on any atom is -0.388 e. The van der Waals surface area contributed by atoms with Gasteiger partial charge < -0.3 is 5.11 Å². The van der Waals surface area contributed by atoms with Gasteiger partial charge in [0.2, 0.25) is 0 Å². The fraction of sp³-hybridized carbons (Fsp3) is 0.300. The highest BCUT2D eigenvalue weighted by atomic mass is 32.2. The summed E-state index contributed by atoms with van der Waals surface area (Å²) in [5.74, 6) is -2.06. The monoisotopic (exact) mass is 423 g/mol. The molecule has 2 aromatic rings. The fourth-order valence-corrected chi connectivity index (χ4v) is 3.68. The van der Waals surface area contributed by atoms with E-state index in [0.717, 1.165) is 6.26 Å². The van der Waals surface area contributed by atoms with Gasteiger partial charge in [0.1, 0.15) is 17.2 Å². The van der Waals surface area contributed by atoms with E-state index in [0.29, 0.717) is 16.7 Å². The van der Waals surface area contributed by atoms with Crippen LogP contribution in [0.1, 0.15) is 29.3 Å². The van der Waals surface area contributed by atoms with Crippen molar-refractivity contribution in [1.82, 2.24) is 5.48 Å². The highest BCUT2D eigenvalue weighted by Gasteiger charge is 2.43. The topological polar surface area (TPSA) is 121 Å². The predicted molar refractivity (Wildman–Crippen MR) is 105 cm³/mol. The van der Waals surface area contributed by atoms with Gasteiger partial charge in [-0.05, 0) is 42.5 Å². The highest BCUT2D eigenvalue weighted by Crippen LogP contribution is 2.27. The Morgan fingerprint density at radius 2 is 1.69 bits per heavy atom. The van der Waals surface area contributed by atoms with Crippen LogP contribution in [0.15, 0.2) is 42.5 Å². The summed E-state index contributed by atoms with van der Waals surface area (Å²) in [6.45, 7) is 0.582. The van der Waals surface area contributed by atoms with Crippen LogP contribution in [-0.4, -0.2) is 48.0 Å². The van der Waals surface area contributed by atoms with Gasteiger partial charge in [-0.25, -0.2) is 18.3 Å². The van der Waals surface area contributed by atoms with Crippen molar-refractivity contribution in [3.8, 4) is 11.1 Å². The summed E-state index contributed by atoms with van der Waals surface area (Å²) in [6.07, 6.45) is 0.631. The second kappa shape index (κ2) is 8.81. The molecule has 0 aliphatic rings. The van der Waals surface area contributed by atoms with Crippen LogP contribution in [-0.2, 0) is 21.1 Å². The second-order valence-corrected chi connectivity index (χ2v) is 9.35. The molecule has 29 heavy (non-hydrogen) atoms. The number of Topliss-reactive ketones (excluding diaryl/α,β-unsaturated/α-hetero) is 1. The van der Waals surface area contributed by atoms with Crippen molar-refractivity contribution >= 4 is 21.5 Å². The molecule has 1 unspecified atom stereocenters. The number of aryl methyl sites for hydroxylation is 1. The van der Waals surface area contributed by atoms with E-state index in [9.17, 15) is 22.4 Å². The molecule has 0 bridgehead atoms. The van der Waals surface area contributed by atoms with E-state index >= 15 is 0 Å². The Morgan fingerprint density at radius 3 is 2.17 bits per heavy atom. The number of aliphatic hydroxyl groups is 1. The zero-order valence-corrected chi connectivity index (χ0v) is 16.8. The van der Waals surface area contributed by atoms with Crippen LogP contribution in [0.5, 0.6) is 0 Å². The summed E-state index contributed by atoms with van der Waals surface area (Å²) in [6, 6.07) is 10.7. The molecule has 9 heteroatoms. The number of hydroxylamine groups is 1. The quantitative estimate of drug-likeness (QED) is 0.339. The van der Waals surface area contributed by atoms with Crippen molar-refractivity contribution in [2.24, 2.45) is 0 Å². The number of benzene rings is 2. The first kappa shape index (κ1) is 22.7. The third-order valence-corrected chi connectivity index (χ3v) is 7.03. The molecule has 2 rings (SSSR count). The molecule has 0 fully saturated rings. The van der Waals surface area contributed by atoms with Crippen LogP contribution < -0.4 is 5.48 Å². The maximum atomic E-state index is 14.6. The number of sulfone groups is 1. The minimum absolute atomic E-state index is 0.0347. The first-order chi connectivity index (χ1) is 13.5. The third-order valence-electron chi connectivity index (χ3n) is 5.01. The van der Waals surface area contributed by atoms with E-state index < -0.39 is 38.7 Å². The molecule has 7 nitrogen and oxygen atoms in total. The molecule has 2 aromatic carbocycles. The number of hydrogen-bond donors (Lipinski definition) is 3. The lowest BCUT2D eigenvalue weighted by Gasteiger charge is -2.25. The van der Waals surface area contributed by atoms with Crippen LogP contribution in [0.4, 0.5) is 4.39 Å². The number of halogens is 1. The largest absolute Gasteiger partial charge is 0.388 e. The highest BCUT2D eigenvalue weighted by molar-refractivity contribution is 7.92. The zero-order valence-electron chi connectivity index (χ0n) is 16.0. The number of nitrogens with one attached hydrogen (secondary N) is 1. The third kappa shape index (κ3) is 4.87. The average Bonchev–Trinajstić information content (AvgIpc) is 2.70. The second-order valence-electron chi connectivity index (χ2n) is 6.91. The van der Waals surface area contributed by atoms with Gasteiger partial charge in [-0.3, -0.25) is 14.8 Å². The van der Waals surface area contributed by atoms with E-state index in [-0.39, 0.29) is 18.4 Å². The van der Waals surface area contributed by atoms with Crippen molar-refractivity contribution in [1.29, 1.82) is 0 Å². The summed E-state index contributed by atoms with van der Waals surface area (Å²) in [5.41, 5.74) is 3.13. The Hall–Kier alpha value is -2.62. The number of rotatable bonds is 8. The molecule has 0 spiro atoms. The van der Waals surface area contributed by atoms with Gasteiger partial charge in [-0.2, -0.15) is 0 Å². The van der Waals surface area contributed by atoms with Crippen molar-refractivity contribution in [2.75, 3.05) is 12.9 Å². The number of ketones is 1. The lowest BCUT2D eigenvalue weighted by Crippen LogP contribution is -2.49. The van der Waals surface area contributed by atoms with Gasteiger partial charge >= 0.3 is 0 Å². The van der Waals surface area contributed by atoms with E-state index in [2.05, 4.69) is 0 Å². The number of carbonyl (C=O) groups excluding carboxylic acids is 2. The lowest BCUT2D eigenvalue weighted by atomic mass is 9.96. The molecular weight excluding hydrogens is 401 g/mol. The number of hydrogen-bond acceptors (Lipinski definition) is 6. The normalized spacial score (nSPS) is 13.6. The minimum atomic E-state index is -3.86. The summed E-state index contributed by atoms with van der Waals surface area (Å²) in [4.78, 5) is 23.3. The number of carbonyl (C=O) groups is 2. The molecule has 0 radical (unpaired) electrons. The smallest absolute Gasteiger partial charge is 0.264 e. The Bertz CT molecular complexity index is 1020. The van der Waals surface area contributed by atoms with Crippen LogP contribution in [0.2, 0.25) is 0 Å². The molecule has 0 aliphatic heterocycles. The van der Waals surface area contributed by atoms with Crippen LogP contribution in [0, 0.1) is 5.82 Å². The van der Waals surface area contributed by atoms with E-state index in [1.165, 1.54) is 36.7 Å². The maximum Gasteiger partial charge on any atom is 0.264 e. The van der Waals surface area contributed by atoms with Gasteiger partial charge in [0.25, 0.3) is 5.91 Å². The molecule has 0 aliphatic carbocycles. The molecule has 0 heterocycles. The van der Waals surface area contributed by atoms with E-state index in [1.54, 1.807) is 18.2 Å². The van der Waals surface area contributed by atoms with Crippen molar-refractivity contribution in [2.45, 2.75) is 24.5 Å². The maximum absolute atomic E-state index is 14.6. The molecule has 0 saturated heterocycles. The zero-order chi connectivity index (χ0) is 21.8. The predicted octanol–water partition coefficient (Wildman–Crippen LogP) is 1.91. The SMILES string of the molecule is CC(CCc1ccc(-c2ccc(C(=O)CO)cc2)cc1F)(C(=O)NO)S(C)(=O)=O. The molecule has 1 amide bonds. The number of amides is 1.